The highest BCUT2D eigenvalue weighted by Gasteiger charge is 2.10. The van der Waals surface area contributed by atoms with Crippen LogP contribution in [-0.2, 0) is 12.3 Å². The van der Waals surface area contributed by atoms with Gasteiger partial charge in [-0.25, -0.2) is 0 Å². The van der Waals surface area contributed by atoms with Gasteiger partial charge in [0, 0.05) is 0 Å². The molecule has 1 heteroatoms. The molecule has 4 aromatic carbocycles. The fourth-order valence-electron chi connectivity index (χ4n) is 3.78. The molecule has 0 aliphatic heterocycles. The predicted molar refractivity (Wildman–Crippen MR) is 118 cm³/mol. The van der Waals surface area contributed by atoms with Gasteiger partial charge in [0.15, 0.2) is 0 Å². The van der Waals surface area contributed by atoms with Crippen molar-refractivity contribution in [3.63, 3.8) is 0 Å². The Morgan fingerprint density at radius 2 is 0.923 bits per heavy atom. The Labute approximate surface area is 157 Å². The van der Waals surface area contributed by atoms with Gasteiger partial charge in [-0.1, -0.05) is 72.8 Å². The smallest absolute Gasteiger partial charge is 0.00697 e. The Kier molecular flexibility index (Phi) is 4.79. The number of rotatable bonds is 4. The molecule has 4 aromatic rings. The summed E-state index contributed by atoms with van der Waals surface area (Å²) in [6, 6.07) is 26.9. The molecule has 0 saturated heterocycles. The third kappa shape index (κ3) is 3.53. The summed E-state index contributed by atoms with van der Waals surface area (Å²) in [5, 5.41) is 5.41. The fourth-order valence-corrected chi connectivity index (χ4v) is 5.74. The molecule has 130 valence electrons. The molecule has 0 heterocycles. The third-order valence-electron chi connectivity index (χ3n) is 5.29. The second kappa shape index (κ2) is 7.22. The number of hydrogen-bond donors (Lipinski definition) is 0. The molecule has 0 fully saturated rings. The van der Waals surface area contributed by atoms with Crippen LogP contribution in [0.15, 0.2) is 72.8 Å². The molecule has 0 N–H and O–H groups in total. The van der Waals surface area contributed by atoms with Gasteiger partial charge < -0.3 is 0 Å². The highest BCUT2D eigenvalue weighted by Crippen LogP contribution is 2.42. The van der Waals surface area contributed by atoms with E-state index in [1.165, 1.54) is 56.1 Å². The molecule has 0 aliphatic rings. The standard InChI is InChI=1S/C25H25P/c1-18-12-20-8-4-6-10-22(20)14-24(18)16-26(3)17-25-15-23-11-7-5-9-21(23)13-19(25)2/h4-15H,16-17H2,1-3H3. The minimum absolute atomic E-state index is 0.0763. The quantitative estimate of drug-likeness (QED) is 0.334. The van der Waals surface area contributed by atoms with E-state index in [4.69, 9.17) is 0 Å². The van der Waals surface area contributed by atoms with E-state index >= 15 is 0 Å². The lowest BCUT2D eigenvalue weighted by Gasteiger charge is -2.17. The van der Waals surface area contributed by atoms with Crippen LogP contribution in [0.5, 0.6) is 0 Å². The lowest BCUT2D eigenvalue weighted by atomic mass is 10.0. The van der Waals surface area contributed by atoms with Gasteiger partial charge in [-0.2, -0.15) is 0 Å². The highest BCUT2D eigenvalue weighted by atomic mass is 31.1. The predicted octanol–water partition coefficient (Wildman–Crippen LogP) is 7.42. The van der Waals surface area contributed by atoms with Crippen LogP contribution in [0.3, 0.4) is 0 Å². The van der Waals surface area contributed by atoms with Gasteiger partial charge in [-0.3, -0.25) is 0 Å². The SMILES string of the molecule is Cc1cc2ccccc2cc1CP(C)Cc1cc2ccccc2cc1C. The molecule has 0 saturated carbocycles. The summed E-state index contributed by atoms with van der Waals surface area (Å²) < 4.78 is 0. The number of hydrogen-bond acceptors (Lipinski definition) is 0. The average molecular weight is 356 g/mol. The summed E-state index contributed by atoms with van der Waals surface area (Å²) in [6.07, 6.45) is 2.39. The Balaban J connectivity index is 1.58. The maximum absolute atomic E-state index is 2.44. The van der Waals surface area contributed by atoms with Crippen molar-refractivity contribution in [3.05, 3.63) is 95.1 Å². The normalized spacial score (nSPS) is 11.5. The Morgan fingerprint density at radius 1 is 0.577 bits per heavy atom. The molecule has 26 heavy (non-hydrogen) atoms. The van der Waals surface area contributed by atoms with E-state index in [0.29, 0.717) is 0 Å². The van der Waals surface area contributed by atoms with Gasteiger partial charge in [-0.05, 0) is 76.6 Å². The molecule has 0 atom stereocenters. The van der Waals surface area contributed by atoms with Crippen molar-refractivity contribution < 1.29 is 0 Å². The first kappa shape index (κ1) is 17.3. The summed E-state index contributed by atoms with van der Waals surface area (Å²) in [7, 11) is -0.0763. The van der Waals surface area contributed by atoms with Crippen LogP contribution in [0, 0.1) is 13.8 Å². The van der Waals surface area contributed by atoms with E-state index in [1.807, 2.05) is 0 Å². The number of benzene rings is 4. The first-order chi connectivity index (χ1) is 12.6. The summed E-state index contributed by atoms with van der Waals surface area (Å²) in [5.74, 6) is 0. The van der Waals surface area contributed by atoms with E-state index < -0.39 is 0 Å². The lowest BCUT2D eigenvalue weighted by molar-refractivity contribution is 1.26. The monoisotopic (exact) mass is 356 g/mol. The minimum Gasteiger partial charge on any atom is -0.101 e. The van der Waals surface area contributed by atoms with Gasteiger partial charge in [-0.15, -0.1) is 7.92 Å². The molecule has 0 nitrogen and oxygen atoms in total. The molecule has 0 aromatic heterocycles. The molecule has 0 unspecified atom stereocenters. The van der Waals surface area contributed by atoms with Crippen LogP contribution in [0.25, 0.3) is 21.5 Å². The van der Waals surface area contributed by atoms with Crippen LogP contribution in [-0.4, -0.2) is 6.66 Å². The van der Waals surface area contributed by atoms with Gasteiger partial charge in [0.25, 0.3) is 0 Å². The van der Waals surface area contributed by atoms with Crippen LogP contribution < -0.4 is 0 Å². The molecule has 0 bridgehead atoms. The van der Waals surface area contributed by atoms with Gasteiger partial charge in [0.05, 0.1) is 0 Å². The molecule has 0 spiro atoms. The Hall–Kier alpha value is -2.17. The van der Waals surface area contributed by atoms with Crippen LogP contribution >= 0.6 is 7.92 Å². The maximum Gasteiger partial charge on any atom is -0.00697 e. The van der Waals surface area contributed by atoms with Crippen molar-refractivity contribution in [2.45, 2.75) is 26.2 Å². The molecular formula is C25H25P. The lowest BCUT2D eigenvalue weighted by Crippen LogP contribution is -1.94. The zero-order chi connectivity index (χ0) is 18.1. The average Bonchev–Trinajstić information content (AvgIpc) is 2.63. The number of aryl methyl sites for hydroxylation is 2. The van der Waals surface area contributed by atoms with Crippen molar-refractivity contribution in [2.24, 2.45) is 0 Å². The van der Waals surface area contributed by atoms with Crippen LogP contribution in [0.4, 0.5) is 0 Å². The van der Waals surface area contributed by atoms with E-state index in [1.54, 1.807) is 0 Å². The highest BCUT2D eigenvalue weighted by molar-refractivity contribution is 7.55. The van der Waals surface area contributed by atoms with Crippen molar-refractivity contribution in [2.75, 3.05) is 6.66 Å². The summed E-state index contributed by atoms with van der Waals surface area (Å²) in [5.41, 5.74) is 5.87. The summed E-state index contributed by atoms with van der Waals surface area (Å²) in [4.78, 5) is 0. The minimum atomic E-state index is -0.0763. The zero-order valence-electron chi connectivity index (χ0n) is 15.8. The van der Waals surface area contributed by atoms with Crippen molar-refractivity contribution in [1.29, 1.82) is 0 Å². The first-order valence-corrected chi connectivity index (χ1v) is 11.4. The van der Waals surface area contributed by atoms with E-state index in [9.17, 15) is 0 Å². The Bertz CT molecular complexity index is 991. The topological polar surface area (TPSA) is 0 Å². The van der Waals surface area contributed by atoms with Crippen molar-refractivity contribution in [3.8, 4) is 0 Å². The second-order valence-corrected chi connectivity index (χ2v) is 9.77. The van der Waals surface area contributed by atoms with Gasteiger partial charge >= 0.3 is 0 Å². The largest absolute Gasteiger partial charge is 0.101 e. The number of fused-ring (bicyclic) bond motifs is 2. The summed E-state index contributed by atoms with van der Waals surface area (Å²) >= 11 is 0. The van der Waals surface area contributed by atoms with Crippen LogP contribution in [0.2, 0.25) is 0 Å². The van der Waals surface area contributed by atoms with E-state index in [0.717, 1.165) is 0 Å². The molecule has 4 rings (SSSR count). The first-order valence-electron chi connectivity index (χ1n) is 9.25. The molecular weight excluding hydrogens is 331 g/mol. The van der Waals surface area contributed by atoms with E-state index in [-0.39, 0.29) is 7.92 Å². The van der Waals surface area contributed by atoms with Crippen molar-refractivity contribution >= 4 is 29.5 Å². The van der Waals surface area contributed by atoms with E-state index in [2.05, 4.69) is 93.3 Å². The maximum atomic E-state index is 2.44. The van der Waals surface area contributed by atoms with Crippen molar-refractivity contribution in [1.82, 2.24) is 0 Å². The molecule has 0 radical (unpaired) electrons. The van der Waals surface area contributed by atoms with Gasteiger partial charge in [0.1, 0.15) is 0 Å². The Morgan fingerprint density at radius 3 is 1.31 bits per heavy atom. The molecule has 0 amide bonds. The molecule has 0 aliphatic carbocycles. The third-order valence-corrected chi connectivity index (χ3v) is 7.05. The summed E-state index contributed by atoms with van der Waals surface area (Å²) in [6.45, 7) is 6.96. The van der Waals surface area contributed by atoms with Gasteiger partial charge in [0.2, 0.25) is 0 Å². The zero-order valence-corrected chi connectivity index (χ0v) is 16.7. The fraction of sp³-hybridized carbons (Fsp3) is 0.200. The van der Waals surface area contributed by atoms with Crippen LogP contribution in [0.1, 0.15) is 22.3 Å². The second-order valence-electron chi connectivity index (χ2n) is 7.42.